The van der Waals surface area contributed by atoms with Gasteiger partial charge in [-0.2, -0.15) is 0 Å². The van der Waals surface area contributed by atoms with Gasteiger partial charge in [0.2, 0.25) is 0 Å². The number of hydrogen-bond donors (Lipinski definition) is 2. The van der Waals surface area contributed by atoms with Crippen molar-refractivity contribution in [1.29, 1.82) is 0 Å². The van der Waals surface area contributed by atoms with Crippen LogP contribution in [0, 0.1) is 3.57 Å². The van der Waals surface area contributed by atoms with Crippen molar-refractivity contribution in [3.05, 3.63) is 56.1 Å². The van der Waals surface area contributed by atoms with E-state index in [0.717, 1.165) is 3.57 Å². The first-order valence-corrected chi connectivity index (χ1v) is 6.42. The van der Waals surface area contributed by atoms with Crippen LogP contribution in [0.15, 0.2) is 42.5 Å². The fourth-order valence-electron chi connectivity index (χ4n) is 0.941. The van der Waals surface area contributed by atoms with Crippen LogP contribution in [-0.2, 0) is 0 Å². The largest absolute Gasteiger partial charge is 0.507 e. The van der Waals surface area contributed by atoms with Gasteiger partial charge in [-0.1, -0.05) is 41.4 Å². The molecule has 0 aliphatic rings. The zero-order valence-corrected chi connectivity index (χ0v) is 12.2. The van der Waals surface area contributed by atoms with Gasteiger partial charge in [0.25, 0.3) is 0 Å². The number of benzene rings is 2. The molecule has 0 fully saturated rings. The highest BCUT2D eigenvalue weighted by molar-refractivity contribution is 14.1. The van der Waals surface area contributed by atoms with E-state index in [1.807, 2.05) is 12.1 Å². The Morgan fingerprint density at radius 3 is 1.71 bits per heavy atom. The van der Waals surface area contributed by atoms with Crippen LogP contribution in [0.1, 0.15) is 0 Å². The molecule has 0 aliphatic heterocycles. The van der Waals surface area contributed by atoms with Gasteiger partial charge in [-0.3, -0.25) is 0 Å². The van der Waals surface area contributed by atoms with Gasteiger partial charge in [0, 0.05) is 0 Å². The summed E-state index contributed by atoms with van der Waals surface area (Å²) in [6, 6.07) is 12.0. The third kappa shape index (κ3) is 4.61. The summed E-state index contributed by atoms with van der Waals surface area (Å²) >= 11 is 13.0. The summed E-state index contributed by atoms with van der Waals surface area (Å²) in [7, 11) is 0. The third-order valence-electron chi connectivity index (χ3n) is 1.79. The molecule has 0 bridgehead atoms. The number of phenols is 2. The molecule has 0 aliphatic carbocycles. The molecule has 2 nitrogen and oxygen atoms in total. The fraction of sp³-hybridized carbons (Fsp3) is 0. The van der Waals surface area contributed by atoms with Crippen molar-refractivity contribution >= 4 is 45.8 Å². The quantitative estimate of drug-likeness (QED) is 0.648. The van der Waals surface area contributed by atoms with E-state index >= 15 is 0 Å². The molecule has 0 radical (unpaired) electrons. The SMILES string of the molecule is Oc1c(Cl)cccc1Cl.Oc1ccccc1I. The zero-order valence-electron chi connectivity index (χ0n) is 8.57. The Morgan fingerprint density at radius 1 is 0.824 bits per heavy atom. The second-order valence-electron chi connectivity index (χ2n) is 3.02. The molecular weight excluding hydrogens is 374 g/mol. The minimum Gasteiger partial charge on any atom is -0.507 e. The molecule has 0 spiro atoms. The van der Waals surface area contributed by atoms with Crippen molar-refractivity contribution in [2.24, 2.45) is 0 Å². The first-order chi connectivity index (χ1) is 8.02. The number of halogens is 3. The fourth-order valence-corrected chi connectivity index (χ4v) is 1.73. The molecule has 90 valence electrons. The molecular formula is C12H9Cl2IO2. The molecule has 0 aromatic heterocycles. The van der Waals surface area contributed by atoms with Crippen LogP contribution in [0.3, 0.4) is 0 Å². The Balaban J connectivity index is 0.000000171. The summed E-state index contributed by atoms with van der Waals surface area (Å²) in [5.74, 6) is 0.300. The lowest BCUT2D eigenvalue weighted by atomic mass is 10.3. The van der Waals surface area contributed by atoms with E-state index in [9.17, 15) is 0 Å². The van der Waals surface area contributed by atoms with Crippen LogP contribution in [0.25, 0.3) is 0 Å². The highest BCUT2D eigenvalue weighted by Crippen LogP contribution is 2.30. The van der Waals surface area contributed by atoms with Gasteiger partial charge in [0.1, 0.15) is 5.75 Å². The van der Waals surface area contributed by atoms with Crippen molar-refractivity contribution < 1.29 is 10.2 Å². The molecule has 0 amide bonds. The molecule has 2 aromatic carbocycles. The molecule has 0 atom stereocenters. The number of hydrogen-bond acceptors (Lipinski definition) is 2. The standard InChI is InChI=1S/C6H4Cl2O.C6H5IO/c7-4-2-1-3-5(8)6(4)9;7-5-3-1-2-4-6(5)8/h1-3,9H;1-4,8H. The maximum atomic E-state index is 8.94. The van der Waals surface area contributed by atoms with Crippen LogP contribution in [0.2, 0.25) is 10.0 Å². The van der Waals surface area contributed by atoms with Crippen LogP contribution in [0.5, 0.6) is 11.5 Å². The zero-order chi connectivity index (χ0) is 12.8. The van der Waals surface area contributed by atoms with E-state index in [-0.39, 0.29) is 15.8 Å². The predicted octanol–water partition coefficient (Wildman–Crippen LogP) is 4.70. The van der Waals surface area contributed by atoms with Crippen molar-refractivity contribution in [1.82, 2.24) is 0 Å². The normalized spacial score (nSPS) is 9.35. The minimum absolute atomic E-state index is 0.0548. The summed E-state index contributed by atoms with van der Waals surface area (Å²) in [5.41, 5.74) is 0. The molecule has 2 N–H and O–H groups in total. The van der Waals surface area contributed by atoms with Gasteiger partial charge in [0.15, 0.2) is 5.75 Å². The molecule has 0 saturated heterocycles. The minimum atomic E-state index is -0.0548. The highest BCUT2D eigenvalue weighted by atomic mass is 127. The molecule has 0 saturated carbocycles. The van der Waals surface area contributed by atoms with E-state index < -0.39 is 0 Å². The Labute approximate surface area is 123 Å². The molecule has 0 unspecified atom stereocenters. The van der Waals surface area contributed by atoms with E-state index in [2.05, 4.69) is 22.6 Å². The van der Waals surface area contributed by atoms with Crippen molar-refractivity contribution in [3.63, 3.8) is 0 Å². The maximum absolute atomic E-state index is 8.94. The van der Waals surface area contributed by atoms with Crippen LogP contribution >= 0.6 is 45.8 Å². The second kappa shape index (κ2) is 6.93. The average Bonchev–Trinajstić information content (AvgIpc) is 2.31. The summed E-state index contributed by atoms with van der Waals surface area (Å²) in [4.78, 5) is 0. The summed E-state index contributed by atoms with van der Waals surface area (Å²) in [5, 5.41) is 18.4. The molecule has 2 rings (SSSR count). The Bertz CT molecular complexity index is 462. The monoisotopic (exact) mass is 382 g/mol. The maximum Gasteiger partial charge on any atom is 0.152 e. The Morgan fingerprint density at radius 2 is 1.35 bits per heavy atom. The Kier molecular flexibility index (Phi) is 5.88. The van der Waals surface area contributed by atoms with Gasteiger partial charge < -0.3 is 10.2 Å². The lowest BCUT2D eigenvalue weighted by molar-refractivity contribution is 0.471. The molecule has 0 heterocycles. The van der Waals surface area contributed by atoms with Gasteiger partial charge in [0.05, 0.1) is 13.6 Å². The first-order valence-electron chi connectivity index (χ1n) is 4.59. The van der Waals surface area contributed by atoms with Gasteiger partial charge >= 0.3 is 0 Å². The number of aromatic hydroxyl groups is 2. The van der Waals surface area contributed by atoms with Crippen molar-refractivity contribution in [2.45, 2.75) is 0 Å². The summed E-state index contributed by atoms with van der Waals surface area (Å²) in [6.07, 6.45) is 0. The van der Waals surface area contributed by atoms with Gasteiger partial charge in [-0.05, 0) is 46.9 Å². The predicted molar refractivity (Wildman–Crippen MR) is 79.0 cm³/mol. The number of rotatable bonds is 0. The van der Waals surface area contributed by atoms with Crippen LogP contribution in [0.4, 0.5) is 0 Å². The van der Waals surface area contributed by atoms with E-state index in [1.54, 1.807) is 30.3 Å². The molecule has 2 aromatic rings. The number of para-hydroxylation sites is 2. The van der Waals surface area contributed by atoms with Gasteiger partial charge in [-0.15, -0.1) is 0 Å². The van der Waals surface area contributed by atoms with Gasteiger partial charge in [-0.25, -0.2) is 0 Å². The third-order valence-corrected chi connectivity index (χ3v) is 3.31. The lowest BCUT2D eigenvalue weighted by Gasteiger charge is -1.95. The van der Waals surface area contributed by atoms with E-state index in [0.29, 0.717) is 5.75 Å². The summed E-state index contributed by atoms with van der Waals surface area (Å²) in [6.45, 7) is 0. The smallest absolute Gasteiger partial charge is 0.152 e. The van der Waals surface area contributed by atoms with Crippen LogP contribution < -0.4 is 0 Å². The first kappa shape index (κ1) is 14.4. The second-order valence-corrected chi connectivity index (χ2v) is 5.00. The highest BCUT2D eigenvalue weighted by Gasteiger charge is 1.99. The van der Waals surface area contributed by atoms with Crippen molar-refractivity contribution in [2.75, 3.05) is 0 Å². The van der Waals surface area contributed by atoms with E-state index in [4.69, 9.17) is 33.4 Å². The Hall–Kier alpha value is -0.650. The average molecular weight is 383 g/mol. The summed E-state index contributed by atoms with van der Waals surface area (Å²) < 4.78 is 0.894. The molecule has 17 heavy (non-hydrogen) atoms. The lowest BCUT2D eigenvalue weighted by Crippen LogP contribution is -1.67. The number of phenolic OH excluding ortho intramolecular Hbond substituents is 2. The van der Waals surface area contributed by atoms with E-state index in [1.165, 1.54) is 0 Å². The topological polar surface area (TPSA) is 40.5 Å². The van der Waals surface area contributed by atoms with Crippen LogP contribution in [-0.4, -0.2) is 10.2 Å². The molecule has 5 heteroatoms. The van der Waals surface area contributed by atoms with Crippen molar-refractivity contribution in [3.8, 4) is 11.5 Å².